The molecule has 5 nitrogen and oxygen atoms in total. The summed E-state index contributed by atoms with van der Waals surface area (Å²) in [7, 11) is 0. The molecule has 3 aromatic rings. The molecule has 1 aromatic carbocycles. The van der Waals surface area contributed by atoms with E-state index in [1.807, 2.05) is 37.5 Å². The zero-order chi connectivity index (χ0) is 20.8. The van der Waals surface area contributed by atoms with Crippen LogP contribution < -0.4 is 5.56 Å². The monoisotopic (exact) mass is 472 g/mol. The van der Waals surface area contributed by atoms with Gasteiger partial charge < -0.3 is 4.57 Å². The van der Waals surface area contributed by atoms with Crippen molar-refractivity contribution < 1.29 is 0 Å². The molecule has 0 fully saturated rings. The number of hydrogen-bond acceptors (Lipinski definition) is 4. The van der Waals surface area contributed by atoms with Crippen LogP contribution in [0.4, 0.5) is 0 Å². The summed E-state index contributed by atoms with van der Waals surface area (Å²) in [6, 6.07) is 8.15. The zero-order valence-electron chi connectivity index (χ0n) is 16.9. The third-order valence-corrected chi connectivity index (χ3v) is 6.21. The summed E-state index contributed by atoms with van der Waals surface area (Å²) in [5.41, 5.74) is 2.61. The molecule has 0 N–H and O–H groups in total. The Hall–Kier alpha value is -2.12. The summed E-state index contributed by atoms with van der Waals surface area (Å²) >= 11 is 5.06. The zero-order valence-corrected chi connectivity index (χ0v) is 19.3. The number of benzene rings is 1. The van der Waals surface area contributed by atoms with E-state index in [1.165, 1.54) is 11.1 Å². The first-order chi connectivity index (χ1) is 14.0. The van der Waals surface area contributed by atoms with Crippen molar-refractivity contribution in [1.82, 2.24) is 19.2 Å². The van der Waals surface area contributed by atoms with Crippen LogP contribution in [0.25, 0.3) is 5.65 Å². The van der Waals surface area contributed by atoms with E-state index in [-0.39, 0.29) is 11.6 Å². The Morgan fingerprint density at radius 1 is 1.31 bits per heavy atom. The van der Waals surface area contributed by atoms with Crippen molar-refractivity contribution in [1.29, 1.82) is 0 Å². The number of thioether (sulfide) groups is 1. The quantitative estimate of drug-likeness (QED) is 0.306. The third-order valence-electron chi connectivity index (χ3n) is 4.71. The summed E-state index contributed by atoms with van der Waals surface area (Å²) in [6.07, 6.45) is 11.7. The number of aromatic nitrogens is 4. The van der Waals surface area contributed by atoms with Crippen molar-refractivity contribution in [3.05, 3.63) is 80.9 Å². The van der Waals surface area contributed by atoms with E-state index in [9.17, 15) is 4.79 Å². The van der Waals surface area contributed by atoms with E-state index in [0.29, 0.717) is 5.65 Å². The molecule has 0 amide bonds. The normalized spacial score (nSPS) is 13.4. The Bertz CT molecular complexity index is 1100. The maximum absolute atomic E-state index is 13.1. The molecular weight excluding hydrogens is 448 g/mol. The van der Waals surface area contributed by atoms with Crippen molar-refractivity contribution in [3.63, 3.8) is 0 Å². The van der Waals surface area contributed by atoms with Crippen LogP contribution in [0.5, 0.6) is 0 Å². The van der Waals surface area contributed by atoms with Gasteiger partial charge in [-0.2, -0.15) is 0 Å². The molecular formula is C22H25BrN4OS. The van der Waals surface area contributed by atoms with Crippen LogP contribution in [0, 0.1) is 0 Å². The molecule has 0 saturated heterocycles. The maximum atomic E-state index is 13.1. The molecule has 29 heavy (non-hydrogen) atoms. The minimum atomic E-state index is -0.118. The molecule has 0 aliphatic rings. The van der Waals surface area contributed by atoms with E-state index in [1.54, 1.807) is 20.7 Å². The molecule has 7 heteroatoms. The van der Waals surface area contributed by atoms with Gasteiger partial charge in [0.1, 0.15) is 0 Å². The van der Waals surface area contributed by atoms with Crippen LogP contribution in [0.3, 0.4) is 0 Å². The lowest BCUT2D eigenvalue weighted by molar-refractivity contribution is 0.556. The van der Waals surface area contributed by atoms with Gasteiger partial charge in [0.25, 0.3) is 5.56 Å². The SMILES string of the molecule is C/C=C\CC(/C(C)=C/CC)n1ccn2c(SCc3cccc(Br)c3)nnc2c1=O. The Kier molecular flexibility index (Phi) is 7.50. The van der Waals surface area contributed by atoms with E-state index in [0.717, 1.165) is 28.2 Å². The highest BCUT2D eigenvalue weighted by molar-refractivity contribution is 9.10. The molecule has 0 bridgehead atoms. The molecule has 0 saturated carbocycles. The lowest BCUT2D eigenvalue weighted by Gasteiger charge is -2.19. The Labute approximate surface area is 183 Å². The molecule has 1 unspecified atom stereocenters. The van der Waals surface area contributed by atoms with Gasteiger partial charge in [-0.1, -0.05) is 70.5 Å². The van der Waals surface area contributed by atoms with Crippen molar-refractivity contribution in [3.8, 4) is 0 Å². The predicted octanol–water partition coefficient (Wildman–Crippen LogP) is 5.81. The lowest BCUT2D eigenvalue weighted by Crippen LogP contribution is -2.26. The van der Waals surface area contributed by atoms with Crippen LogP contribution in [-0.4, -0.2) is 19.2 Å². The van der Waals surface area contributed by atoms with Gasteiger partial charge in [0.2, 0.25) is 5.65 Å². The first-order valence-corrected chi connectivity index (χ1v) is 11.4. The van der Waals surface area contributed by atoms with Crippen molar-refractivity contribution >= 4 is 33.3 Å². The summed E-state index contributed by atoms with van der Waals surface area (Å²) in [6.45, 7) is 6.18. The number of halogens is 1. The summed E-state index contributed by atoms with van der Waals surface area (Å²) in [5.74, 6) is 0.756. The fourth-order valence-electron chi connectivity index (χ4n) is 3.24. The standard InChI is InChI=1S/C22H25BrN4OS/c1-4-6-11-19(16(3)8-5-2)26-12-13-27-20(21(26)28)24-25-22(27)29-15-17-9-7-10-18(23)14-17/h4,6-10,12-14,19H,5,11,15H2,1-3H3/b6-4-,16-8+. The van der Waals surface area contributed by atoms with Crippen LogP contribution in [0.1, 0.15) is 45.2 Å². The second kappa shape index (κ2) is 10.1. The van der Waals surface area contributed by atoms with Crippen molar-refractivity contribution in [2.45, 2.75) is 50.6 Å². The van der Waals surface area contributed by atoms with Crippen molar-refractivity contribution in [2.24, 2.45) is 0 Å². The van der Waals surface area contributed by atoms with Crippen LogP contribution in [0.2, 0.25) is 0 Å². The van der Waals surface area contributed by atoms with E-state index >= 15 is 0 Å². The topological polar surface area (TPSA) is 52.2 Å². The summed E-state index contributed by atoms with van der Waals surface area (Å²) in [4.78, 5) is 13.1. The highest BCUT2D eigenvalue weighted by atomic mass is 79.9. The van der Waals surface area contributed by atoms with Gasteiger partial charge in [-0.15, -0.1) is 10.2 Å². The van der Waals surface area contributed by atoms with Gasteiger partial charge in [-0.3, -0.25) is 9.20 Å². The second-order valence-corrected chi connectivity index (χ2v) is 8.64. The average Bonchev–Trinajstić information content (AvgIpc) is 3.12. The fourth-order valence-corrected chi connectivity index (χ4v) is 4.55. The largest absolute Gasteiger partial charge is 0.303 e. The second-order valence-electron chi connectivity index (χ2n) is 6.78. The van der Waals surface area contributed by atoms with E-state index in [2.05, 4.69) is 64.3 Å². The predicted molar refractivity (Wildman–Crippen MR) is 123 cm³/mol. The summed E-state index contributed by atoms with van der Waals surface area (Å²) < 4.78 is 4.61. The maximum Gasteiger partial charge on any atom is 0.296 e. The van der Waals surface area contributed by atoms with Crippen LogP contribution in [0.15, 0.2) is 74.9 Å². The van der Waals surface area contributed by atoms with Gasteiger partial charge in [0.05, 0.1) is 6.04 Å². The third kappa shape index (κ3) is 5.08. The molecule has 0 spiro atoms. The van der Waals surface area contributed by atoms with Gasteiger partial charge in [0.15, 0.2) is 5.16 Å². The molecule has 3 rings (SSSR count). The number of nitrogens with zero attached hydrogens (tertiary/aromatic N) is 4. The number of hydrogen-bond donors (Lipinski definition) is 0. The molecule has 2 aromatic heterocycles. The number of allylic oxidation sites excluding steroid dienone is 4. The van der Waals surface area contributed by atoms with E-state index in [4.69, 9.17) is 0 Å². The minimum Gasteiger partial charge on any atom is -0.303 e. The van der Waals surface area contributed by atoms with Crippen molar-refractivity contribution in [2.75, 3.05) is 0 Å². The average molecular weight is 473 g/mol. The van der Waals surface area contributed by atoms with Gasteiger partial charge in [0, 0.05) is 22.6 Å². The number of rotatable bonds is 8. The molecule has 0 aliphatic carbocycles. The van der Waals surface area contributed by atoms with Gasteiger partial charge in [-0.25, -0.2) is 0 Å². The first-order valence-electron chi connectivity index (χ1n) is 9.66. The molecule has 0 radical (unpaired) electrons. The first kappa shape index (κ1) is 21.6. The Morgan fingerprint density at radius 3 is 2.86 bits per heavy atom. The minimum absolute atomic E-state index is 0.0156. The smallest absolute Gasteiger partial charge is 0.296 e. The van der Waals surface area contributed by atoms with Crippen LogP contribution in [-0.2, 0) is 5.75 Å². The molecule has 2 heterocycles. The Balaban J connectivity index is 1.92. The number of fused-ring (bicyclic) bond motifs is 1. The highest BCUT2D eigenvalue weighted by Gasteiger charge is 2.17. The van der Waals surface area contributed by atoms with E-state index < -0.39 is 0 Å². The lowest BCUT2D eigenvalue weighted by atomic mass is 10.0. The fraction of sp³-hybridized carbons (Fsp3) is 0.318. The van der Waals surface area contributed by atoms with Gasteiger partial charge >= 0.3 is 0 Å². The molecule has 0 aliphatic heterocycles. The Morgan fingerprint density at radius 2 is 2.14 bits per heavy atom. The van der Waals surface area contributed by atoms with Gasteiger partial charge in [-0.05, 0) is 44.4 Å². The molecule has 152 valence electrons. The highest BCUT2D eigenvalue weighted by Crippen LogP contribution is 2.24. The molecule has 1 atom stereocenters. The summed E-state index contributed by atoms with van der Waals surface area (Å²) in [5, 5.41) is 9.17. The van der Waals surface area contributed by atoms with Crippen LogP contribution >= 0.6 is 27.7 Å².